The molecule has 0 unspecified atom stereocenters. The van der Waals surface area contributed by atoms with Crippen molar-refractivity contribution in [2.24, 2.45) is 5.41 Å². The zero-order valence-corrected chi connectivity index (χ0v) is 10.3. The zero-order valence-electron chi connectivity index (χ0n) is 9.49. The third-order valence-corrected chi connectivity index (χ3v) is 2.15. The normalized spacial score (nSPS) is 13.6. The van der Waals surface area contributed by atoms with Gasteiger partial charge in [-0.3, -0.25) is 4.90 Å². The molecule has 0 rings (SSSR count). The van der Waals surface area contributed by atoms with Crippen LogP contribution in [0.1, 0.15) is 27.2 Å². The molecule has 0 saturated heterocycles. The maximum Gasteiger partial charge on any atom is 0.401 e. The van der Waals surface area contributed by atoms with Gasteiger partial charge in [0.1, 0.15) is 0 Å². The summed E-state index contributed by atoms with van der Waals surface area (Å²) in [5, 5.41) is 0. The number of rotatable bonds is 5. The molecule has 0 aliphatic carbocycles. The Labute approximate surface area is 94.6 Å². The largest absolute Gasteiger partial charge is 0.401 e. The highest BCUT2D eigenvalue weighted by molar-refractivity contribution is 6.18. The Bertz CT molecular complexity index is 174. The van der Waals surface area contributed by atoms with Crippen LogP contribution in [0.15, 0.2) is 0 Å². The van der Waals surface area contributed by atoms with Gasteiger partial charge in [0.2, 0.25) is 0 Å². The number of hydrogen-bond acceptors (Lipinski definition) is 1. The second kappa shape index (κ2) is 5.94. The fourth-order valence-corrected chi connectivity index (χ4v) is 1.38. The van der Waals surface area contributed by atoms with E-state index in [-0.39, 0.29) is 17.8 Å². The molecule has 0 saturated carbocycles. The smallest absolute Gasteiger partial charge is 0.294 e. The lowest BCUT2D eigenvalue weighted by Gasteiger charge is -2.26. The molecule has 0 spiro atoms. The summed E-state index contributed by atoms with van der Waals surface area (Å²) >= 11 is 5.47. The highest BCUT2D eigenvalue weighted by atomic mass is 35.5. The van der Waals surface area contributed by atoms with Crippen molar-refractivity contribution >= 4 is 11.6 Å². The summed E-state index contributed by atoms with van der Waals surface area (Å²) in [6.45, 7) is 5.90. The first-order chi connectivity index (χ1) is 6.64. The van der Waals surface area contributed by atoms with Crippen LogP contribution >= 0.6 is 11.6 Å². The molecule has 0 N–H and O–H groups in total. The van der Waals surface area contributed by atoms with E-state index in [4.69, 9.17) is 11.6 Å². The molecule has 15 heavy (non-hydrogen) atoms. The lowest BCUT2D eigenvalue weighted by Crippen LogP contribution is -2.37. The van der Waals surface area contributed by atoms with Gasteiger partial charge in [-0.25, -0.2) is 0 Å². The van der Waals surface area contributed by atoms with E-state index in [1.54, 1.807) is 0 Å². The molecule has 0 aromatic carbocycles. The minimum absolute atomic E-state index is 0.0517. The van der Waals surface area contributed by atoms with Crippen LogP contribution in [0.5, 0.6) is 0 Å². The molecule has 92 valence electrons. The minimum Gasteiger partial charge on any atom is -0.294 e. The first-order valence-corrected chi connectivity index (χ1v) is 5.52. The molecule has 0 aromatic rings. The monoisotopic (exact) mass is 245 g/mol. The van der Waals surface area contributed by atoms with E-state index in [0.29, 0.717) is 6.54 Å². The van der Waals surface area contributed by atoms with Crippen molar-refractivity contribution in [2.45, 2.75) is 33.4 Å². The molecule has 0 fully saturated rings. The van der Waals surface area contributed by atoms with Gasteiger partial charge in [0, 0.05) is 12.4 Å². The second-order valence-corrected chi connectivity index (χ2v) is 5.27. The van der Waals surface area contributed by atoms with E-state index in [1.165, 1.54) is 4.90 Å². The molecule has 0 bridgehead atoms. The van der Waals surface area contributed by atoms with Crippen molar-refractivity contribution in [1.29, 1.82) is 0 Å². The zero-order chi connectivity index (χ0) is 12.1. The summed E-state index contributed by atoms with van der Waals surface area (Å²) in [5.74, 6) is 0.236. The van der Waals surface area contributed by atoms with Crippen LogP contribution in [0.25, 0.3) is 0 Å². The number of nitrogens with zero attached hydrogens (tertiary/aromatic N) is 1. The Morgan fingerprint density at radius 3 is 1.93 bits per heavy atom. The average Bonchev–Trinajstić information content (AvgIpc) is 1.96. The van der Waals surface area contributed by atoms with Gasteiger partial charge in [-0.1, -0.05) is 20.8 Å². The van der Waals surface area contributed by atoms with Crippen LogP contribution < -0.4 is 0 Å². The van der Waals surface area contributed by atoms with Gasteiger partial charge in [-0.05, 0) is 18.4 Å². The minimum atomic E-state index is -4.13. The molecule has 0 atom stereocenters. The Hall–Kier alpha value is 0.0400. The van der Waals surface area contributed by atoms with Gasteiger partial charge >= 0.3 is 6.18 Å². The number of alkyl halides is 4. The Morgan fingerprint density at radius 2 is 1.60 bits per heavy atom. The summed E-state index contributed by atoms with van der Waals surface area (Å²) in [5.41, 5.74) is 0.0517. The van der Waals surface area contributed by atoms with E-state index in [2.05, 4.69) is 0 Å². The van der Waals surface area contributed by atoms with Crippen LogP contribution in [0.2, 0.25) is 0 Å². The summed E-state index contributed by atoms with van der Waals surface area (Å²) in [4.78, 5) is 1.36. The van der Waals surface area contributed by atoms with Crippen molar-refractivity contribution in [1.82, 2.24) is 4.90 Å². The van der Waals surface area contributed by atoms with E-state index in [9.17, 15) is 13.2 Å². The SMILES string of the molecule is CC(C)(C)CCN(CCCl)CC(F)(F)F. The van der Waals surface area contributed by atoms with E-state index < -0.39 is 12.7 Å². The van der Waals surface area contributed by atoms with Crippen LogP contribution in [0.4, 0.5) is 13.2 Å². The third kappa shape index (κ3) is 10.3. The molecule has 0 radical (unpaired) electrons. The number of halogens is 4. The summed E-state index contributed by atoms with van der Waals surface area (Å²) in [7, 11) is 0. The lowest BCUT2D eigenvalue weighted by atomic mass is 9.92. The summed E-state index contributed by atoms with van der Waals surface area (Å²) < 4.78 is 36.5. The molecule has 1 nitrogen and oxygen atoms in total. The van der Waals surface area contributed by atoms with Crippen LogP contribution in [0.3, 0.4) is 0 Å². The van der Waals surface area contributed by atoms with Crippen molar-refractivity contribution in [2.75, 3.05) is 25.5 Å². The molecule has 0 aliphatic heterocycles. The lowest BCUT2D eigenvalue weighted by molar-refractivity contribution is -0.146. The maximum atomic E-state index is 12.2. The van der Waals surface area contributed by atoms with Gasteiger partial charge in [0.25, 0.3) is 0 Å². The Balaban J connectivity index is 4.05. The highest BCUT2D eigenvalue weighted by Gasteiger charge is 2.30. The van der Waals surface area contributed by atoms with Gasteiger partial charge in [-0.2, -0.15) is 13.2 Å². The molecule has 0 heterocycles. The fraction of sp³-hybridized carbons (Fsp3) is 1.00. The molecule has 0 amide bonds. The van der Waals surface area contributed by atoms with Crippen LogP contribution in [-0.4, -0.2) is 36.6 Å². The molecule has 5 heteroatoms. The highest BCUT2D eigenvalue weighted by Crippen LogP contribution is 2.21. The van der Waals surface area contributed by atoms with Gasteiger partial charge in [-0.15, -0.1) is 11.6 Å². The molecular weight excluding hydrogens is 227 g/mol. The maximum absolute atomic E-state index is 12.2. The van der Waals surface area contributed by atoms with Crippen molar-refractivity contribution < 1.29 is 13.2 Å². The Kier molecular flexibility index (Phi) is 5.96. The summed E-state index contributed by atoms with van der Waals surface area (Å²) in [6, 6.07) is 0. The quantitative estimate of drug-likeness (QED) is 0.670. The fourth-order valence-electron chi connectivity index (χ4n) is 1.14. The molecule has 0 aromatic heterocycles. The topological polar surface area (TPSA) is 3.24 Å². The third-order valence-electron chi connectivity index (χ3n) is 1.98. The average molecular weight is 246 g/mol. The Morgan fingerprint density at radius 1 is 1.07 bits per heavy atom. The van der Waals surface area contributed by atoms with Gasteiger partial charge in [0.05, 0.1) is 6.54 Å². The second-order valence-electron chi connectivity index (χ2n) is 4.89. The molecular formula is C10H19ClF3N. The van der Waals surface area contributed by atoms with E-state index in [0.717, 1.165) is 6.42 Å². The van der Waals surface area contributed by atoms with Crippen LogP contribution in [0, 0.1) is 5.41 Å². The standard InChI is InChI=1S/C10H19ClF3N/c1-9(2,3)4-6-15(7-5-11)8-10(12,13)14/h4-8H2,1-3H3. The number of hydrogen-bond donors (Lipinski definition) is 0. The van der Waals surface area contributed by atoms with Crippen molar-refractivity contribution in [3.8, 4) is 0 Å². The van der Waals surface area contributed by atoms with Crippen molar-refractivity contribution in [3.05, 3.63) is 0 Å². The predicted molar refractivity (Wildman–Crippen MR) is 57.3 cm³/mol. The first kappa shape index (κ1) is 15.0. The van der Waals surface area contributed by atoms with Gasteiger partial charge in [0.15, 0.2) is 0 Å². The van der Waals surface area contributed by atoms with Crippen LogP contribution in [-0.2, 0) is 0 Å². The van der Waals surface area contributed by atoms with E-state index in [1.807, 2.05) is 20.8 Å². The van der Waals surface area contributed by atoms with Crippen molar-refractivity contribution in [3.63, 3.8) is 0 Å². The molecule has 0 aliphatic rings. The first-order valence-electron chi connectivity index (χ1n) is 4.99. The van der Waals surface area contributed by atoms with E-state index >= 15 is 0 Å². The van der Waals surface area contributed by atoms with Gasteiger partial charge < -0.3 is 0 Å². The summed E-state index contributed by atoms with van der Waals surface area (Å²) in [6.07, 6.45) is -3.40. The predicted octanol–water partition coefficient (Wildman–Crippen LogP) is 3.53.